The molecule has 0 saturated carbocycles. The average Bonchev–Trinajstić information content (AvgIpc) is 3.59. The average molecular weight is 479 g/mol. The molecule has 0 spiro atoms. The highest BCUT2D eigenvalue weighted by atomic mass is 32.2. The lowest BCUT2D eigenvalue weighted by atomic mass is 10.0. The molecule has 10 heteroatoms. The van der Waals surface area contributed by atoms with Crippen molar-refractivity contribution >= 4 is 26.8 Å². The number of aromatic nitrogens is 4. The third-order valence-corrected chi connectivity index (χ3v) is 8.64. The van der Waals surface area contributed by atoms with E-state index in [1.54, 1.807) is 30.9 Å². The largest absolute Gasteiger partial charge is 0.347 e. The van der Waals surface area contributed by atoms with Gasteiger partial charge in [0.2, 0.25) is 10.0 Å². The van der Waals surface area contributed by atoms with Crippen LogP contribution in [0.4, 0.5) is 0 Å². The summed E-state index contributed by atoms with van der Waals surface area (Å²) < 4.78 is 30.0. The fourth-order valence-electron chi connectivity index (χ4n) is 4.58. The highest BCUT2D eigenvalue weighted by Gasteiger charge is 2.36. The lowest BCUT2D eigenvalue weighted by Crippen LogP contribution is -2.29. The van der Waals surface area contributed by atoms with E-state index in [4.69, 9.17) is 0 Å². The summed E-state index contributed by atoms with van der Waals surface area (Å²) in [6.45, 7) is 2.87. The molecule has 0 unspecified atom stereocenters. The minimum absolute atomic E-state index is 0.107. The van der Waals surface area contributed by atoms with Crippen LogP contribution in [-0.4, -0.2) is 51.5 Å². The number of amides is 1. The first kappa shape index (κ1) is 22.3. The molecule has 1 atom stereocenters. The molecular weight excluding hydrogens is 452 g/mol. The Hall–Kier alpha value is -3.50. The van der Waals surface area contributed by atoms with E-state index < -0.39 is 10.0 Å². The third kappa shape index (κ3) is 3.88. The van der Waals surface area contributed by atoms with Gasteiger partial charge in [-0.1, -0.05) is 18.2 Å². The predicted molar refractivity (Wildman–Crippen MR) is 128 cm³/mol. The Kier molecular flexibility index (Phi) is 5.70. The van der Waals surface area contributed by atoms with Gasteiger partial charge in [0.1, 0.15) is 10.6 Å². The fourth-order valence-corrected chi connectivity index (χ4v) is 6.35. The Morgan fingerprint density at radius 3 is 2.91 bits per heavy atom. The van der Waals surface area contributed by atoms with Gasteiger partial charge < -0.3 is 9.88 Å². The van der Waals surface area contributed by atoms with Gasteiger partial charge in [0, 0.05) is 56.1 Å². The highest BCUT2D eigenvalue weighted by molar-refractivity contribution is 7.89. The molecule has 3 aromatic heterocycles. The van der Waals surface area contributed by atoms with Gasteiger partial charge in [-0.3, -0.25) is 14.9 Å². The minimum Gasteiger partial charge on any atom is -0.347 e. The van der Waals surface area contributed by atoms with Gasteiger partial charge in [-0.2, -0.15) is 9.40 Å². The zero-order chi connectivity index (χ0) is 23.9. The standard InChI is InChI=1S/C24H26N6O3S/c1-16-23(34(32,33)30-10-8-18(15-30)19-13-27-28-14-19)11-22(29(16)2)24(31)26-12-17-5-3-7-21-20(17)6-4-9-25-21/h3-7,9,11,13-14,18H,8,10,12,15H2,1-2H3,(H,26,31)(H,27,28)/t18-/m1/s1. The molecule has 5 rings (SSSR count). The minimum atomic E-state index is -3.73. The van der Waals surface area contributed by atoms with Gasteiger partial charge in [-0.25, -0.2) is 8.42 Å². The summed E-state index contributed by atoms with van der Waals surface area (Å²) in [6, 6.07) is 11.1. The van der Waals surface area contributed by atoms with Crippen LogP contribution in [0.5, 0.6) is 0 Å². The SMILES string of the molecule is Cc1c(S(=O)(=O)N2CC[C@@H](c3cn[nH]c3)C2)cc(C(=O)NCc2cccc3ncccc23)n1C. The van der Waals surface area contributed by atoms with Gasteiger partial charge >= 0.3 is 0 Å². The summed E-state index contributed by atoms with van der Waals surface area (Å²) in [5.41, 5.74) is 3.65. The van der Waals surface area contributed by atoms with Crippen molar-refractivity contribution in [3.05, 3.63) is 77.5 Å². The maximum absolute atomic E-state index is 13.4. The summed E-state index contributed by atoms with van der Waals surface area (Å²) >= 11 is 0. The number of H-pyrrole nitrogens is 1. The molecule has 0 bridgehead atoms. The van der Waals surface area contributed by atoms with E-state index in [1.807, 2.05) is 36.5 Å². The maximum Gasteiger partial charge on any atom is 0.268 e. The van der Waals surface area contributed by atoms with E-state index in [9.17, 15) is 13.2 Å². The lowest BCUT2D eigenvalue weighted by Gasteiger charge is -2.16. The Bertz CT molecular complexity index is 1450. The monoisotopic (exact) mass is 478 g/mol. The Labute approximate surface area is 197 Å². The summed E-state index contributed by atoms with van der Waals surface area (Å²) in [5.74, 6) is -0.221. The first-order chi connectivity index (χ1) is 16.4. The number of carbonyl (C=O) groups is 1. The number of rotatable bonds is 6. The fraction of sp³-hybridized carbons (Fsp3) is 0.292. The van der Waals surface area contributed by atoms with E-state index in [0.717, 1.165) is 28.5 Å². The van der Waals surface area contributed by atoms with Crippen LogP contribution in [0.2, 0.25) is 0 Å². The molecule has 9 nitrogen and oxygen atoms in total. The van der Waals surface area contributed by atoms with Crippen LogP contribution in [0.3, 0.4) is 0 Å². The van der Waals surface area contributed by atoms with Crippen LogP contribution in [-0.2, 0) is 23.6 Å². The summed E-state index contributed by atoms with van der Waals surface area (Å²) in [4.78, 5) is 17.5. The van der Waals surface area contributed by atoms with Crippen molar-refractivity contribution in [2.45, 2.75) is 30.7 Å². The Balaban J connectivity index is 1.35. The number of hydrogen-bond donors (Lipinski definition) is 2. The zero-order valence-electron chi connectivity index (χ0n) is 19.0. The predicted octanol–water partition coefficient (Wildman–Crippen LogP) is 2.71. The van der Waals surface area contributed by atoms with Crippen LogP contribution in [0.1, 0.15) is 39.6 Å². The van der Waals surface area contributed by atoms with E-state index in [1.165, 1.54) is 10.4 Å². The number of pyridine rings is 1. The molecule has 0 radical (unpaired) electrons. The van der Waals surface area contributed by atoms with Gasteiger partial charge in [-0.05, 0) is 42.7 Å². The molecule has 1 aliphatic heterocycles. The number of nitrogens with zero attached hydrogens (tertiary/aromatic N) is 4. The molecule has 34 heavy (non-hydrogen) atoms. The number of fused-ring (bicyclic) bond motifs is 1. The van der Waals surface area contributed by atoms with Crippen LogP contribution in [0.25, 0.3) is 10.9 Å². The van der Waals surface area contributed by atoms with E-state index in [-0.39, 0.29) is 16.7 Å². The van der Waals surface area contributed by atoms with Crippen LogP contribution >= 0.6 is 0 Å². The summed E-state index contributed by atoms with van der Waals surface area (Å²) in [6.07, 6.45) is 6.01. The molecule has 1 saturated heterocycles. The quantitative estimate of drug-likeness (QED) is 0.442. The second-order valence-corrected chi connectivity index (χ2v) is 10.5. The summed E-state index contributed by atoms with van der Waals surface area (Å²) in [7, 11) is -2.02. The normalized spacial score (nSPS) is 16.8. The molecule has 0 aliphatic carbocycles. The second kappa shape index (κ2) is 8.69. The van der Waals surface area contributed by atoms with Crippen molar-refractivity contribution in [1.82, 2.24) is 29.4 Å². The Morgan fingerprint density at radius 1 is 1.26 bits per heavy atom. The number of nitrogens with one attached hydrogen (secondary N) is 2. The van der Waals surface area contributed by atoms with Crippen molar-refractivity contribution in [1.29, 1.82) is 0 Å². The van der Waals surface area contributed by atoms with Crippen molar-refractivity contribution < 1.29 is 13.2 Å². The maximum atomic E-state index is 13.4. The van der Waals surface area contributed by atoms with E-state index >= 15 is 0 Å². The molecule has 1 fully saturated rings. The van der Waals surface area contributed by atoms with Crippen LogP contribution < -0.4 is 5.32 Å². The number of carbonyl (C=O) groups excluding carboxylic acids is 1. The lowest BCUT2D eigenvalue weighted by molar-refractivity contribution is 0.0942. The summed E-state index contributed by atoms with van der Waals surface area (Å²) in [5, 5.41) is 10.7. The number of benzene rings is 1. The van der Waals surface area contributed by atoms with Crippen LogP contribution in [0, 0.1) is 6.92 Å². The molecule has 4 heterocycles. The molecule has 1 amide bonds. The van der Waals surface area contributed by atoms with Gasteiger partial charge in [0.25, 0.3) is 5.91 Å². The number of sulfonamides is 1. The molecule has 1 aliphatic rings. The van der Waals surface area contributed by atoms with Gasteiger partial charge in [0.05, 0.1) is 11.7 Å². The zero-order valence-corrected chi connectivity index (χ0v) is 19.8. The van der Waals surface area contributed by atoms with E-state index in [0.29, 0.717) is 31.0 Å². The smallest absolute Gasteiger partial charge is 0.268 e. The van der Waals surface area contributed by atoms with Gasteiger partial charge in [0.15, 0.2) is 0 Å². The van der Waals surface area contributed by atoms with Crippen molar-refractivity contribution in [2.75, 3.05) is 13.1 Å². The molecule has 4 aromatic rings. The Morgan fingerprint density at radius 2 is 2.12 bits per heavy atom. The van der Waals surface area contributed by atoms with Crippen molar-refractivity contribution in [3.63, 3.8) is 0 Å². The molecular formula is C24H26N6O3S. The first-order valence-corrected chi connectivity index (χ1v) is 12.6. The molecule has 176 valence electrons. The molecule has 1 aromatic carbocycles. The van der Waals surface area contributed by atoms with Crippen LogP contribution in [0.15, 0.2) is 59.9 Å². The third-order valence-electron chi connectivity index (χ3n) is 6.66. The number of hydrogen-bond acceptors (Lipinski definition) is 5. The topological polar surface area (TPSA) is 113 Å². The van der Waals surface area contributed by atoms with Crippen molar-refractivity contribution in [3.8, 4) is 0 Å². The van der Waals surface area contributed by atoms with E-state index in [2.05, 4.69) is 20.5 Å². The second-order valence-electron chi connectivity index (χ2n) is 8.59. The first-order valence-electron chi connectivity index (χ1n) is 11.1. The molecule has 2 N–H and O–H groups in total. The number of aromatic amines is 1. The van der Waals surface area contributed by atoms with Crippen molar-refractivity contribution in [2.24, 2.45) is 7.05 Å². The highest BCUT2D eigenvalue weighted by Crippen LogP contribution is 2.32. The van der Waals surface area contributed by atoms with Gasteiger partial charge in [-0.15, -0.1) is 0 Å².